The number of carbonyl (C=O) groups is 1. The fourth-order valence-corrected chi connectivity index (χ4v) is 2.80. The number of rotatable bonds is 5. The number of nitrogens with one attached hydrogen (secondary N) is 1. The third-order valence-electron chi connectivity index (χ3n) is 3.95. The molecule has 0 bridgehead atoms. The smallest absolute Gasteiger partial charge is 0.271 e. The van der Waals surface area contributed by atoms with Crippen LogP contribution in [0.3, 0.4) is 0 Å². The second kappa shape index (κ2) is 6.70. The maximum atomic E-state index is 12.1. The molecule has 2 rings (SSSR count). The van der Waals surface area contributed by atoms with Crippen LogP contribution < -0.4 is 11.1 Å². The first-order chi connectivity index (χ1) is 9.22. The third kappa shape index (κ3) is 3.80. The molecule has 1 aliphatic rings. The lowest BCUT2D eigenvalue weighted by molar-refractivity contribution is 0.0914. The molecule has 5 nitrogen and oxygen atoms in total. The van der Waals surface area contributed by atoms with Gasteiger partial charge in [0, 0.05) is 25.3 Å². The Morgan fingerprint density at radius 2 is 2.42 bits per heavy atom. The number of aromatic nitrogens is 2. The second-order valence-electron chi connectivity index (χ2n) is 5.40. The molecule has 1 aliphatic carbocycles. The maximum Gasteiger partial charge on any atom is 0.271 e. The molecule has 1 saturated carbocycles. The van der Waals surface area contributed by atoms with Crippen molar-refractivity contribution >= 4 is 5.91 Å². The van der Waals surface area contributed by atoms with Crippen LogP contribution in [0.2, 0.25) is 0 Å². The molecule has 5 heteroatoms. The molecule has 0 aromatic carbocycles. The van der Waals surface area contributed by atoms with Crippen LogP contribution >= 0.6 is 0 Å². The van der Waals surface area contributed by atoms with Crippen LogP contribution in [-0.4, -0.2) is 28.0 Å². The van der Waals surface area contributed by atoms with E-state index in [-0.39, 0.29) is 5.91 Å². The van der Waals surface area contributed by atoms with Crippen LogP contribution in [0.1, 0.15) is 49.5 Å². The molecule has 106 valence electrons. The average molecular weight is 264 g/mol. The predicted octanol–water partition coefficient (Wildman–Crippen LogP) is 1.54. The Morgan fingerprint density at radius 1 is 1.58 bits per heavy atom. The second-order valence-corrected chi connectivity index (χ2v) is 5.40. The lowest BCUT2D eigenvalue weighted by Crippen LogP contribution is -2.38. The molecule has 0 aliphatic heterocycles. The fraction of sp³-hybridized carbons (Fsp3) is 0.714. The lowest BCUT2D eigenvalue weighted by atomic mass is 9.84. The molecule has 19 heavy (non-hydrogen) atoms. The van der Waals surface area contributed by atoms with Gasteiger partial charge in [-0.15, -0.1) is 0 Å². The Morgan fingerprint density at radius 3 is 3.16 bits per heavy atom. The van der Waals surface area contributed by atoms with Gasteiger partial charge in [0.05, 0.1) is 6.33 Å². The number of amides is 1. The molecule has 2 atom stereocenters. The van der Waals surface area contributed by atoms with E-state index in [9.17, 15) is 4.79 Å². The highest BCUT2D eigenvalue weighted by atomic mass is 16.2. The predicted molar refractivity (Wildman–Crippen MR) is 74.8 cm³/mol. The van der Waals surface area contributed by atoms with Gasteiger partial charge in [-0.1, -0.05) is 26.2 Å². The molecule has 0 saturated heterocycles. The summed E-state index contributed by atoms with van der Waals surface area (Å²) in [5.41, 5.74) is 5.97. The highest BCUT2D eigenvalue weighted by molar-refractivity contribution is 5.92. The van der Waals surface area contributed by atoms with Crippen LogP contribution in [-0.2, 0) is 6.54 Å². The number of hydrogen-bond donors (Lipinski definition) is 2. The summed E-state index contributed by atoms with van der Waals surface area (Å²) in [6.45, 7) is 3.48. The first-order valence-electron chi connectivity index (χ1n) is 7.25. The van der Waals surface area contributed by atoms with E-state index >= 15 is 0 Å². The number of nitrogens with zero attached hydrogens (tertiary/aromatic N) is 2. The molecule has 0 spiro atoms. The summed E-state index contributed by atoms with van der Waals surface area (Å²) in [5.74, 6) is 0.700. The molecule has 1 amide bonds. The molecule has 1 fully saturated rings. The molecular formula is C14H24N4O. The van der Waals surface area contributed by atoms with Gasteiger partial charge in [-0.2, -0.15) is 0 Å². The zero-order valence-electron chi connectivity index (χ0n) is 11.6. The molecule has 1 aromatic rings. The monoisotopic (exact) mass is 264 g/mol. The van der Waals surface area contributed by atoms with Gasteiger partial charge >= 0.3 is 0 Å². The van der Waals surface area contributed by atoms with E-state index in [1.54, 1.807) is 12.5 Å². The van der Waals surface area contributed by atoms with Gasteiger partial charge in [-0.25, -0.2) is 4.98 Å². The van der Waals surface area contributed by atoms with E-state index in [0.29, 0.717) is 24.8 Å². The molecule has 3 N–H and O–H groups in total. The molecular weight excluding hydrogens is 240 g/mol. The normalized spacial score (nSPS) is 23.3. The van der Waals surface area contributed by atoms with Crippen molar-refractivity contribution in [2.75, 3.05) is 6.54 Å². The molecule has 1 heterocycles. The Hall–Kier alpha value is -1.36. The van der Waals surface area contributed by atoms with Gasteiger partial charge in [0.15, 0.2) is 0 Å². The zero-order valence-corrected chi connectivity index (χ0v) is 11.6. The topological polar surface area (TPSA) is 72.9 Å². The van der Waals surface area contributed by atoms with Gasteiger partial charge in [0.25, 0.3) is 5.91 Å². The van der Waals surface area contributed by atoms with Gasteiger partial charge in [-0.3, -0.25) is 4.79 Å². The van der Waals surface area contributed by atoms with E-state index in [1.807, 2.05) is 4.57 Å². The van der Waals surface area contributed by atoms with Gasteiger partial charge in [-0.05, 0) is 18.8 Å². The van der Waals surface area contributed by atoms with Crippen molar-refractivity contribution in [1.29, 1.82) is 0 Å². The van der Waals surface area contributed by atoms with Crippen molar-refractivity contribution in [3.05, 3.63) is 18.2 Å². The van der Waals surface area contributed by atoms with Gasteiger partial charge in [0.1, 0.15) is 5.69 Å². The lowest BCUT2D eigenvalue weighted by Gasteiger charge is -2.28. The Balaban J connectivity index is 1.88. The van der Waals surface area contributed by atoms with Crippen LogP contribution in [0.4, 0.5) is 0 Å². The number of nitrogens with two attached hydrogens (primary N) is 1. The number of carbonyl (C=O) groups excluding carboxylic acids is 1. The number of imidazole rings is 1. The quantitative estimate of drug-likeness (QED) is 0.847. The van der Waals surface area contributed by atoms with Crippen molar-refractivity contribution in [2.45, 2.75) is 51.6 Å². The summed E-state index contributed by atoms with van der Waals surface area (Å²) in [5, 5.41) is 3.11. The van der Waals surface area contributed by atoms with Crippen LogP contribution in [0, 0.1) is 5.92 Å². The van der Waals surface area contributed by atoms with Crippen molar-refractivity contribution < 1.29 is 4.79 Å². The standard InChI is InChI=1S/C14H24N4O/c1-2-11-4-3-5-12(8-11)17-14(19)13-9-18(7-6-15)10-16-13/h9-12H,2-8,15H2,1H3,(H,17,19). The first-order valence-corrected chi connectivity index (χ1v) is 7.25. The zero-order chi connectivity index (χ0) is 13.7. The molecule has 0 radical (unpaired) electrons. The summed E-state index contributed by atoms with van der Waals surface area (Å²) < 4.78 is 1.85. The van der Waals surface area contributed by atoms with Crippen LogP contribution in [0.15, 0.2) is 12.5 Å². The largest absolute Gasteiger partial charge is 0.348 e. The van der Waals surface area contributed by atoms with Crippen LogP contribution in [0.25, 0.3) is 0 Å². The molecule has 1 aromatic heterocycles. The minimum absolute atomic E-state index is 0.0578. The van der Waals surface area contributed by atoms with Crippen molar-refractivity contribution in [3.8, 4) is 0 Å². The minimum Gasteiger partial charge on any atom is -0.348 e. The van der Waals surface area contributed by atoms with Gasteiger partial charge < -0.3 is 15.6 Å². The van der Waals surface area contributed by atoms with Crippen molar-refractivity contribution in [3.63, 3.8) is 0 Å². The van der Waals surface area contributed by atoms with Crippen molar-refractivity contribution in [2.24, 2.45) is 11.7 Å². The fourth-order valence-electron chi connectivity index (χ4n) is 2.80. The van der Waals surface area contributed by atoms with E-state index in [1.165, 1.54) is 19.3 Å². The third-order valence-corrected chi connectivity index (χ3v) is 3.95. The summed E-state index contributed by atoms with van der Waals surface area (Å²) in [6, 6.07) is 0.311. The van der Waals surface area contributed by atoms with E-state index in [2.05, 4.69) is 17.2 Å². The summed E-state index contributed by atoms with van der Waals surface area (Å²) in [6.07, 6.45) is 9.34. The first kappa shape index (κ1) is 14.1. The summed E-state index contributed by atoms with van der Waals surface area (Å²) in [4.78, 5) is 16.2. The maximum absolute atomic E-state index is 12.1. The molecule has 2 unspecified atom stereocenters. The summed E-state index contributed by atoms with van der Waals surface area (Å²) >= 11 is 0. The number of hydrogen-bond acceptors (Lipinski definition) is 3. The average Bonchev–Trinajstić information content (AvgIpc) is 2.88. The Labute approximate surface area is 114 Å². The highest BCUT2D eigenvalue weighted by Gasteiger charge is 2.23. The summed E-state index contributed by atoms with van der Waals surface area (Å²) in [7, 11) is 0. The van der Waals surface area contributed by atoms with Gasteiger partial charge in [0.2, 0.25) is 0 Å². The minimum atomic E-state index is -0.0578. The Bertz CT molecular complexity index is 415. The SMILES string of the molecule is CCC1CCCC(NC(=O)c2cn(CCN)cn2)C1. The van der Waals surface area contributed by atoms with E-state index in [4.69, 9.17) is 5.73 Å². The van der Waals surface area contributed by atoms with E-state index in [0.717, 1.165) is 18.8 Å². The van der Waals surface area contributed by atoms with Crippen molar-refractivity contribution in [1.82, 2.24) is 14.9 Å². The Kier molecular flexibility index (Phi) is 4.96. The van der Waals surface area contributed by atoms with Crippen LogP contribution in [0.5, 0.6) is 0 Å². The highest BCUT2D eigenvalue weighted by Crippen LogP contribution is 2.26. The van der Waals surface area contributed by atoms with E-state index < -0.39 is 0 Å².